The summed E-state index contributed by atoms with van der Waals surface area (Å²) >= 11 is 0. The minimum Gasteiger partial charge on any atom is -0.493 e. The first kappa shape index (κ1) is 14.4. The molecule has 2 aromatic heterocycles. The molecular weight excluding hydrogens is 280 g/mol. The van der Waals surface area contributed by atoms with Gasteiger partial charge in [-0.05, 0) is 31.0 Å². The van der Waals surface area contributed by atoms with Crippen molar-refractivity contribution in [2.75, 3.05) is 19.0 Å². The first-order chi connectivity index (χ1) is 10.5. The second kappa shape index (κ2) is 5.05. The number of nitrogens with zero attached hydrogens (tertiary/aromatic N) is 4. The van der Waals surface area contributed by atoms with Gasteiger partial charge in [-0.3, -0.25) is 4.79 Å². The number of aromatic nitrogens is 3. The Labute approximate surface area is 128 Å². The van der Waals surface area contributed by atoms with E-state index in [1.165, 1.54) is 9.03 Å². The lowest BCUT2D eigenvalue weighted by molar-refractivity contribution is 0.429. The van der Waals surface area contributed by atoms with E-state index in [0.29, 0.717) is 23.4 Å². The van der Waals surface area contributed by atoms with Gasteiger partial charge in [0.15, 0.2) is 0 Å². The maximum Gasteiger partial charge on any atom is 0.279 e. The molecule has 1 N–H and O–H groups in total. The molecule has 0 unspecified atom stereocenters. The van der Waals surface area contributed by atoms with Crippen LogP contribution in [-0.2, 0) is 6.42 Å². The first-order valence-electron chi connectivity index (χ1n) is 7.39. The van der Waals surface area contributed by atoms with E-state index in [1.54, 1.807) is 4.90 Å². The van der Waals surface area contributed by atoms with Crippen molar-refractivity contribution in [1.29, 1.82) is 0 Å². The molecule has 0 saturated heterocycles. The van der Waals surface area contributed by atoms with Crippen LogP contribution in [0.2, 0.25) is 0 Å². The third kappa shape index (κ3) is 1.94. The number of aryl methyl sites for hydroxylation is 1. The summed E-state index contributed by atoms with van der Waals surface area (Å²) < 4.78 is 3.01. The van der Waals surface area contributed by atoms with E-state index in [4.69, 9.17) is 0 Å². The van der Waals surface area contributed by atoms with Crippen molar-refractivity contribution in [3.05, 3.63) is 39.7 Å². The van der Waals surface area contributed by atoms with E-state index in [2.05, 4.69) is 4.98 Å². The van der Waals surface area contributed by atoms with Crippen LogP contribution in [-0.4, -0.2) is 33.2 Å². The van der Waals surface area contributed by atoms with Gasteiger partial charge in [-0.25, -0.2) is 9.50 Å². The number of hydrogen-bond donors (Lipinski definition) is 1. The molecular formula is C16H20N4O2. The standard InChI is InChI=1S/C16H20N4O2/c1-5-6-11-14(21)19-13-9-10(2)7-8-12(13)17-16(18(3)4)20(19)15(11)22/h7-9,22H,5-6H2,1-4H3. The van der Waals surface area contributed by atoms with Gasteiger partial charge in [0.1, 0.15) is 0 Å². The van der Waals surface area contributed by atoms with E-state index in [0.717, 1.165) is 17.5 Å². The Kier molecular flexibility index (Phi) is 3.31. The summed E-state index contributed by atoms with van der Waals surface area (Å²) in [5.74, 6) is 0.500. The highest BCUT2D eigenvalue weighted by Gasteiger charge is 2.21. The molecule has 0 saturated carbocycles. The largest absolute Gasteiger partial charge is 0.493 e. The number of aromatic hydroxyl groups is 1. The molecule has 22 heavy (non-hydrogen) atoms. The zero-order valence-corrected chi connectivity index (χ0v) is 13.3. The van der Waals surface area contributed by atoms with Gasteiger partial charge in [0.25, 0.3) is 5.56 Å². The predicted molar refractivity (Wildman–Crippen MR) is 87.1 cm³/mol. The van der Waals surface area contributed by atoms with Crippen LogP contribution in [0.5, 0.6) is 5.88 Å². The summed E-state index contributed by atoms with van der Waals surface area (Å²) in [6.07, 6.45) is 1.33. The minimum absolute atomic E-state index is 0.0218. The number of benzene rings is 1. The van der Waals surface area contributed by atoms with Gasteiger partial charge in [0.2, 0.25) is 11.8 Å². The normalized spacial score (nSPS) is 11.5. The van der Waals surface area contributed by atoms with Crippen LogP contribution in [0.15, 0.2) is 23.0 Å². The number of fused-ring (bicyclic) bond motifs is 3. The Balaban J connectivity index is 2.58. The van der Waals surface area contributed by atoms with Crippen molar-refractivity contribution in [2.24, 2.45) is 0 Å². The van der Waals surface area contributed by atoms with Crippen LogP contribution in [0.3, 0.4) is 0 Å². The van der Waals surface area contributed by atoms with E-state index < -0.39 is 0 Å². The first-order valence-corrected chi connectivity index (χ1v) is 7.39. The molecule has 2 heterocycles. The van der Waals surface area contributed by atoms with Crippen molar-refractivity contribution in [3.63, 3.8) is 0 Å². The van der Waals surface area contributed by atoms with Gasteiger partial charge >= 0.3 is 0 Å². The van der Waals surface area contributed by atoms with Gasteiger partial charge in [-0.1, -0.05) is 19.4 Å². The Bertz CT molecular complexity index is 921. The Morgan fingerprint density at radius 2 is 2.00 bits per heavy atom. The summed E-state index contributed by atoms with van der Waals surface area (Å²) in [6, 6.07) is 5.78. The molecule has 0 spiro atoms. The Morgan fingerprint density at radius 3 is 2.64 bits per heavy atom. The topological polar surface area (TPSA) is 62.3 Å². The molecule has 0 aliphatic rings. The monoisotopic (exact) mass is 300 g/mol. The summed E-state index contributed by atoms with van der Waals surface area (Å²) in [6.45, 7) is 3.95. The van der Waals surface area contributed by atoms with Crippen molar-refractivity contribution < 1.29 is 5.11 Å². The third-order valence-electron chi connectivity index (χ3n) is 3.79. The van der Waals surface area contributed by atoms with Crippen LogP contribution in [0.4, 0.5) is 5.95 Å². The second-order valence-electron chi connectivity index (χ2n) is 5.78. The zero-order chi connectivity index (χ0) is 16.0. The van der Waals surface area contributed by atoms with Crippen LogP contribution < -0.4 is 10.5 Å². The van der Waals surface area contributed by atoms with E-state index >= 15 is 0 Å². The van der Waals surface area contributed by atoms with E-state index in [1.807, 2.05) is 46.1 Å². The molecule has 0 bridgehead atoms. The molecule has 1 aromatic carbocycles. The maximum absolute atomic E-state index is 12.8. The van der Waals surface area contributed by atoms with Crippen molar-refractivity contribution in [1.82, 2.24) is 14.0 Å². The third-order valence-corrected chi connectivity index (χ3v) is 3.79. The van der Waals surface area contributed by atoms with Crippen LogP contribution >= 0.6 is 0 Å². The fourth-order valence-corrected chi connectivity index (χ4v) is 2.75. The maximum atomic E-state index is 12.8. The molecule has 0 aliphatic heterocycles. The van der Waals surface area contributed by atoms with Crippen molar-refractivity contribution >= 4 is 17.0 Å². The fourth-order valence-electron chi connectivity index (χ4n) is 2.75. The number of rotatable bonds is 3. The summed E-state index contributed by atoms with van der Waals surface area (Å²) in [7, 11) is 3.68. The lowest BCUT2D eigenvalue weighted by Gasteiger charge is -2.16. The minimum atomic E-state index is -0.180. The highest BCUT2D eigenvalue weighted by Crippen LogP contribution is 2.24. The highest BCUT2D eigenvalue weighted by molar-refractivity contribution is 5.76. The zero-order valence-electron chi connectivity index (χ0n) is 13.3. The smallest absolute Gasteiger partial charge is 0.279 e. The SMILES string of the molecule is CCCc1c(O)n2c(N(C)C)nc3ccc(C)cc3n2c1=O. The molecule has 3 aromatic rings. The van der Waals surface area contributed by atoms with Crippen LogP contribution in [0, 0.1) is 6.92 Å². The van der Waals surface area contributed by atoms with Gasteiger partial charge in [0, 0.05) is 14.1 Å². The summed E-state index contributed by atoms with van der Waals surface area (Å²) in [4.78, 5) is 19.1. The lowest BCUT2D eigenvalue weighted by atomic mass is 10.2. The van der Waals surface area contributed by atoms with E-state index in [9.17, 15) is 9.90 Å². The summed E-state index contributed by atoms with van der Waals surface area (Å²) in [5.41, 5.74) is 2.72. The molecule has 6 heteroatoms. The van der Waals surface area contributed by atoms with Crippen LogP contribution in [0.25, 0.3) is 11.0 Å². The van der Waals surface area contributed by atoms with Gasteiger partial charge < -0.3 is 10.0 Å². The van der Waals surface area contributed by atoms with Crippen molar-refractivity contribution in [2.45, 2.75) is 26.7 Å². The predicted octanol–water partition coefficient (Wildman–Crippen LogP) is 1.98. The molecule has 0 atom stereocenters. The fraction of sp³-hybridized carbons (Fsp3) is 0.375. The molecule has 3 rings (SSSR count). The lowest BCUT2D eigenvalue weighted by Crippen LogP contribution is -2.22. The number of hydrogen-bond acceptors (Lipinski definition) is 4. The molecule has 0 aliphatic carbocycles. The van der Waals surface area contributed by atoms with Crippen LogP contribution in [0.1, 0.15) is 24.5 Å². The molecule has 0 fully saturated rings. The molecule has 0 radical (unpaired) electrons. The average molecular weight is 300 g/mol. The Morgan fingerprint density at radius 1 is 1.27 bits per heavy atom. The van der Waals surface area contributed by atoms with Gasteiger partial charge in [-0.15, -0.1) is 0 Å². The highest BCUT2D eigenvalue weighted by atomic mass is 16.3. The second-order valence-corrected chi connectivity index (χ2v) is 5.78. The van der Waals surface area contributed by atoms with E-state index in [-0.39, 0.29) is 11.4 Å². The molecule has 6 nitrogen and oxygen atoms in total. The number of anilines is 1. The van der Waals surface area contributed by atoms with Crippen molar-refractivity contribution in [3.8, 4) is 5.88 Å². The molecule has 116 valence electrons. The van der Waals surface area contributed by atoms with Gasteiger partial charge in [-0.2, -0.15) is 4.52 Å². The quantitative estimate of drug-likeness (QED) is 0.803. The average Bonchev–Trinajstić information content (AvgIpc) is 2.72. The summed E-state index contributed by atoms with van der Waals surface area (Å²) in [5, 5.41) is 10.5. The van der Waals surface area contributed by atoms with Gasteiger partial charge in [0.05, 0.1) is 16.6 Å². The molecule has 0 amide bonds. The Hall–Kier alpha value is -2.50.